The fourth-order valence-corrected chi connectivity index (χ4v) is 1.90. The van der Waals surface area contributed by atoms with Gasteiger partial charge in [-0.3, -0.25) is 0 Å². The molecule has 1 aliphatic heterocycles. The van der Waals surface area contributed by atoms with E-state index in [-0.39, 0.29) is 5.54 Å². The molecule has 0 spiro atoms. The van der Waals surface area contributed by atoms with Crippen LogP contribution < -0.4 is 11.1 Å². The largest absolute Gasteiger partial charge is 0.325 e. The SMILES string of the molecule is NC1(C2CCCNC2)CC1. The first-order valence-corrected chi connectivity index (χ1v) is 4.31. The van der Waals surface area contributed by atoms with E-state index in [0.717, 1.165) is 12.5 Å². The van der Waals surface area contributed by atoms with E-state index in [2.05, 4.69) is 5.32 Å². The van der Waals surface area contributed by atoms with Gasteiger partial charge in [-0.15, -0.1) is 0 Å². The van der Waals surface area contributed by atoms with Crippen molar-refractivity contribution >= 4 is 0 Å². The molecule has 2 heteroatoms. The maximum absolute atomic E-state index is 6.08. The molecule has 0 bridgehead atoms. The Kier molecular flexibility index (Phi) is 1.46. The van der Waals surface area contributed by atoms with Gasteiger partial charge in [0.25, 0.3) is 0 Å². The van der Waals surface area contributed by atoms with Crippen molar-refractivity contribution in [1.29, 1.82) is 0 Å². The van der Waals surface area contributed by atoms with Crippen molar-refractivity contribution in [2.24, 2.45) is 11.7 Å². The van der Waals surface area contributed by atoms with Gasteiger partial charge in [0.05, 0.1) is 0 Å². The number of hydrogen-bond acceptors (Lipinski definition) is 2. The Bertz CT molecular complexity index is 123. The second kappa shape index (κ2) is 2.21. The molecule has 1 unspecified atom stereocenters. The minimum absolute atomic E-state index is 0.257. The van der Waals surface area contributed by atoms with E-state index in [1.54, 1.807) is 0 Å². The molecule has 2 nitrogen and oxygen atoms in total. The molecule has 2 rings (SSSR count). The fraction of sp³-hybridized carbons (Fsp3) is 1.00. The van der Waals surface area contributed by atoms with Crippen LogP contribution in [0.1, 0.15) is 25.7 Å². The summed E-state index contributed by atoms with van der Waals surface area (Å²) >= 11 is 0. The Morgan fingerprint density at radius 2 is 2.20 bits per heavy atom. The van der Waals surface area contributed by atoms with Gasteiger partial charge in [-0.05, 0) is 44.7 Å². The predicted molar refractivity (Wildman–Crippen MR) is 41.7 cm³/mol. The highest BCUT2D eigenvalue weighted by Crippen LogP contribution is 2.41. The summed E-state index contributed by atoms with van der Waals surface area (Å²) in [7, 11) is 0. The van der Waals surface area contributed by atoms with E-state index in [1.165, 1.54) is 32.2 Å². The minimum Gasteiger partial charge on any atom is -0.325 e. The van der Waals surface area contributed by atoms with Crippen molar-refractivity contribution in [1.82, 2.24) is 5.32 Å². The van der Waals surface area contributed by atoms with Crippen molar-refractivity contribution in [2.45, 2.75) is 31.2 Å². The summed E-state index contributed by atoms with van der Waals surface area (Å²) in [6.45, 7) is 2.36. The molecule has 3 N–H and O–H groups in total. The average molecular weight is 140 g/mol. The molecule has 2 aliphatic rings. The molecule has 10 heavy (non-hydrogen) atoms. The monoisotopic (exact) mass is 140 g/mol. The molecule has 0 aromatic heterocycles. The number of nitrogens with one attached hydrogen (secondary N) is 1. The molecular formula is C8H16N2. The van der Waals surface area contributed by atoms with Crippen LogP contribution in [0.25, 0.3) is 0 Å². The van der Waals surface area contributed by atoms with E-state index in [0.29, 0.717) is 0 Å². The first-order valence-electron chi connectivity index (χ1n) is 4.31. The molecule has 1 aliphatic carbocycles. The molecule has 0 aromatic rings. The van der Waals surface area contributed by atoms with Gasteiger partial charge in [0.15, 0.2) is 0 Å². The summed E-state index contributed by atoms with van der Waals surface area (Å²) in [5.41, 5.74) is 6.34. The third-order valence-electron chi connectivity index (χ3n) is 2.94. The summed E-state index contributed by atoms with van der Waals surface area (Å²) < 4.78 is 0. The highest BCUT2D eigenvalue weighted by atomic mass is 14.9. The lowest BCUT2D eigenvalue weighted by molar-refractivity contribution is 0.309. The summed E-state index contributed by atoms with van der Waals surface area (Å²) in [5, 5.41) is 3.40. The lowest BCUT2D eigenvalue weighted by atomic mass is 9.90. The summed E-state index contributed by atoms with van der Waals surface area (Å²) in [6.07, 6.45) is 5.20. The van der Waals surface area contributed by atoms with Crippen LogP contribution in [0.4, 0.5) is 0 Å². The molecule has 1 atom stereocenters. The quantitative estimate of drug-likeness (QED) is 0.556. The zero-order valence-electron chi connectivity index (χ0n) is 6.40. The van der Waals surface area contributed by atoms with Crippen molar-refractivity contribution in [2.75, 3.05) is 13.1 Å². The highest BCUT2D eigenvalue weighted by molar-refractivity contribution is 5.05. The molecule has 0 amide bonds. The molecule has 0 radical (unpaired) electrons. The van der Waals surface area contributed by atoms with E-state index in [4.69, 9.17) is 5.73 Å². The predicted octanol–water partition coefficient (Wildman–Crippen LogP) is 0.477. The second-order valence-corrected chi connectivity index (χ2v) is 3.78. The summed E-state index contributed by atoms with van der Waals surface area (Å²) in [5.74, 6) is 0.779. The van der Waals surface area contributed by atoms with Crippen molar-refractivity contribution in [3.63, 3.8) is 0 Å². The lowest BCUT2D eigenvalue weighted by Gasteiger charge is -2.27. The van der Waals surface area contributed by atoms with Gasteiger partial charge in [-0.25, -0.2) is 0 Å². The third kappa shape index (κ3) is 1.06. The highest BCUT2D eigenvalue weighted by Gasteiger charge is 2.45. The third-order valence-corrected chi connectivity index (χ3v) is 2.94. The number of piperidine rings is 1. The van der Waals surface area contributed by atoms with Crippen molar-refractivity contribution in [3.8, 4) is 0 Å². The minimum atomic E-state index is 0.257. The van der Waals surface area contributed by atoms with Crippen LogP contribution >= 0.6 is 0 Å². The fourth-order valence-electron chi connectivity index (χ4n) is 1.90. The van der Waals surface area contributed by atoms with Crippen LogP contribution in [0.3, 0.4) is 0 Å². The summed E-state index contributed by atoms with van der Waals surface area (Å²) in [4.78, 5) is 0. The Hall–Kier alpha value is -0.0800. The maximum atomic E-state index is 6.08. The standard InChI is InChI=1S/C8H16N2/c9-8(3-4-8)7-2-1-5-10-6-7/h7,10H,1-6,9H2. The molecule has 0 aromatic carbocycles. The van der Waals surface area contributed by atoms with E-state index in [1.807, 2.05) is 0 Å². The van der Waals surface area contributed by atoms with E-state index < -0.39 is 0 Å². The van der Waals surface area contributed by atoms with Crippen LogP contribution in [0.15, 0.2) is 0 Å². The maximum Gasteiger partial charge on any atom is 0.0196 e. The normalized spacial score (nSPS) is 37.5. The topological polar surface area (TPSA) is 38.0 Å². The van der Waals surface area contributed by atoms with Crippen molar-refractivity contribution in [3.05, 3.63) is 0 Å². The first-order chi connectivity index (χ1) is 4.81. The van der Waals surface area contributed by atoms with Crippen LogP contribution in [0.2, 0.25) is 0 Å². The van der Waals surface area contributed by atoms with E-state index in [9.17, 15) is 0 Å². The molecule has 1 heterocycles. The van der Waals surface area contributed by atoms with Crippen molar-refractivity contribution < 1.29 is 0 Å². The molecule has 58 valence electrons. The zero-order chi connectivity index (χ0) is 7.03. The number of hydrogen-bond donors (Lipinski definition) is 2. The van der Waals surface area contributed by atoms with Gasteiger partial charge in [0, 0.05) is 5.54 Å². The Balaban J connectivity index is 1.91. The van der Waals surface area contributed by atoms with E-state index >= 15 is 0 Å². The van der Waals surface area contributed by atoms with Gasteiger partial charge in [-0.1, -0.05) is 0 Å². The molecule has 1 saturated carbocycles. The van der Waals surface area contributed by atoms with Gasteiger partial charge in [0.2, 0.25) is 0 Å². The molecule has 2 fully saturated rings. The van der Waals surface area contributed by atoms with Gasteiger partial charge in [-0.2, -0.15) is 0 Å². The van der Waals surface area contributed by atoms with Gasteiger partial charge in [0.1, 0.15) is 0 Å². The van der Waals surface area contributed by atoms with Crippen LogP contribution in [0.5, 0.6) is 0 Å². The Labute approximate surface area is 62.2 Å². The Morgan fingerprint density at radius 3 is 2.70 bits per heavy atom. The van der Waals surface area contributed by atoms with Gasteiger partial charge >= 0.3 is 0 Å². The Morgan fingerprint density at radius 1 is 1.40 bits per heavy atom. The number of rotatable bonds is 1. The number of nitrogens with two attached hydrogens (primary N) is 1. The lowest BCUT2D eigenvalue weighted by Crippen LogP contribution is -2.42. The molecule has 1 saturated heterocycles. The smallest absolute Gasteiger partial charge is 0.0196 e. The van der Waals surface area contributed by atoms with Crippen LogP contribution in [-0.2, 0) is 0 Å². The van der Waals surface area contributed by atoms with Crippen LogP contribution in [-0.4, -0.2) is 18.6 Å². The summed E-state index contributed by atoms with van der Waals surface area (Å²) in [6, 6.07) is 0. The zero-order valence-corrected chi connectivity index (χ0v) is 6.40. The average Bonchev–Trinajstić information content (AvgIpc) is 2.72. The first kappa shape index (κ1) is 6.62. The van der Waals surface area contributed by atoms with Gasteiger partial charge < -0.3 is 11.1 Å². The molecular weight excluding hydrogens is 124 g/mol. The van der Waals surface area contributed by atoms with Crippen LogP contribution in [0, 0.1) is 5.92 Å². The second-order valence-electron chi connectivity index (χ2n) is 3.78.